The second-order valence-electron chi connectivity index (χ2n) is 6.58. The Morgan fingerprint density at radius 2 is 1.89 bits per heavy atom. The van der Waals surface area contributed by atoms with Crippen LogP contribution in [0.15, 0.2) is 65.2 Å². The molecule has 3 rings (SSSR count). The van der Waals surface area contributed by atoms with E-state index >= 15 is 0 Å². The van der Waals surface area contributed by atoms with E-state index in [0.29, 0.717) is 23.8 Å². The first-order valence-corrected chi connectivity index (χ1v) is 9.18. The van der Waals surface area contributed by atoms with Crippen molar-refractivity contribution in [3.8, 4) is 11.3 Å². The maximum Gasteiger partial charge on any atom is 0.221 e. The molecule has 3 aromatic rings. The molecule has 0 fully saturated rings. The van der Waals surface area contributed by atoms with E-state index < -0.39 is 0 Å². The van der Waals surface area contributed by atoms with Crippen molar-refractivity contribution in [1.82, 2.24) is 10.3 Å². The van der Waals surface area contributed by atoms with Crippen molar-refractivity contribution in [1.29, 1.82) is 0 Å². The van der Waals surface area contributed by atoms with Crippen LogP contribution >= 0.6 is 0 Å². The van der Waals surface area contributed by atoms with Crippen LogP contribution in [0.4, 0.5) is 5.69 Å². The van der Waals surface area contributed by atoms with Crippen LogP contribution in [0.1, 0.15) is 37.8 Å². The molecule has 0 saturated heterocycles. The Hall–Kier alpha value is -3.41. The molecule has 0 radical (unpaired) electrons. The van der Waals surface area contributed by atoms with Crippen LogP contribution < -0.4 is 10.6 Å². The summed E-state index contributed by atoms with van der Waals surface area (Å²) >= 11 is 0. The molecule has 1 aromatic heterocycles. The predicted molar refractivity (Wildman–Crippen MR) is 108 cm³/mol. The van der Waals surface area contributed by atoms with Gasteiger partial charge in [0.2, 0.25) is 11.8 Å². The Labute approximate surface area is 164 Å². The zero-order valence-electron chi connectivity index (χ0n) is 15.9. The van der Waals surface area contributed by atoms with Gasteiger partial charge in [-0.1, -0.05) is 42.5 Å². The van der Waals surface area contributed by atoms with Crippen LogP contribution in [0.5, 0.6) is 0 Å². The van der Waals surface area contributed by atoms with Gasteiger partial charge in [-0.05, 0) is 24.6 Å². The summed E-state index contributed by atoms with van der Waals surface area (Å²) in [6, 6.07) is 17.0. The minimum Gasteiger partial charge on any atom is -0.441 e. The van der Waals surface area contributed by atoms with Gasteiger partial charge in [0.25, 0.3) is 0 Å². The Balaban J connectivity index is 1.53. The summed E-state index contributed by atoms with van der Waals surface area (Å²) < 4.78 is 5.73. The highest BCUT2D eigenvalue weighted by atomic mass is 16.4. The fraction of sp³-hybridized carbons (Fsp3) is 0.227. The van der Waals surface area contributed by atoms with Crippen LogP contribution in [0.25, 0.3) is 11.3 Å². The average molecular weight is 377 g/mol. The molecular weight excluding hydrogens is 354 g/mol. The number of carbonyl (C=O) groups excluding carboxylic acids is 2. The summed E-state index contributed by atoms with van der Waals surface area (Å²) in [4.78, 5) is 27.7. The zero-order valence-corrected chi connectivity index (χ0v) is 15.9. The smallest absolute Gasteiger partial charge is 0.221 e. The second kappa shape index (κ2) is 8.99. The van der Waals surface area contributed by atoms with E-state index in [1.54, 1.807) is 6.20 Å². The molecule has 2 N–H and O–H groups in total. The number of nitrogens with zero attached hydrogens (tertiary/aromatic N) is 1. The molecule has 144 valence electrons. The van der Waals surface area contributed by atoms with Gasteiger partial charge < -0.3 is 15.1 Å². The van der Waals surface area contributed by atoms with E-state index in [-0.39, 0.29) is 24.3 Å². The fourth-order valence-corrected chi connectivity index (χ4v) is 2.87. The van der Waals surface area contributed by atoms with E-state index in [9.17, 15) is 9.59 Å². The van der Waals surface area contributed by atoms with Gasteiger partial charge in [0.1, 0.15) is 0 Å². The second-order valence-corrected chi connectivity index (χ2v) is 6.58. The van der Waals surface area contributed by atoms with Crippen molar-refractivity contribution in [2.75, 3.05) is 5.32 Å². The predicted octanol–water partition coefficient (Wildman–Crippen LogP) is 4.11. The van der Waals surface area contributed by atoms with Crippen LogP contribution in [0, 0.1) is 0 Å². The lowest BCUT2D eigenvalue weighted by atomic mass is 10.1. The molecule has 6 heteroatoms. The molecule has 2 amide bonds. The van der Waals surface area contributed by atoms with Crippen LogP contribution in [-0.4, -0.2) is 16.8 Å². The first-order valence-electron chi connectivity index (χ1n) is 9.18. The number of oxazole rings is 1. The Morgan fingerprint density at radius 1 is 1.11 bits per heavy atom. The first kappa shape index (κ1) is 19.4. The molecule has 0 spiro atoms. The molecule has 0 unspecified atom stereocenters. The van der Waals surface area contributed by atoms with E-state index in [4.69, 9.17) is 4.42 Å². The van der Waals surface area contributed by atoms with Crippen LogP contribution in [-0.2, 0) is 16.0 Å². The normalized spacial score (nSPS) is 11.6. The molecule has 0 bridgehead atoms. The number of carbonyl (C=O) groups is 2. The number of hydrogen-bond acceptors (Lipinski definition) is 4. The van der Waals surface area contributed by atoms with Gasteiger partial charge in [-0.2, -0.15) is 0 Å². The summed E-state index contributed by atoms with van der Waals surface area (Å²) in [6.07, 6.45) is 2.39. The van der Waals surface area contributed by atoms with Crippen molar-refractivity contribution in [3.05, 3.63) is 72.2 Å². The lowest BCUT2D eigenvalue weighted by Crippen LogP contribution is -2.26. The zero-order chi connectivity index (χ0) is 19.9. The van der Waals surface area contributed by atoms with Crippen molar-refractivity contribution in [2.45, 2.75) is 32.7 Å². The summed E-state index contributed by atoms with van der Waals surface area (Å²) in [7, 11) is 0. The van der Waals surface area contributed by atoms with Gasteiger partial charge in [0, 0.05) is 31.0 Å². The molecule has 1 heterocycles. The molecular formula is C22H23N3O3. The van der Waals surface area contributed by atoms with E-state index in [1.165, 1.54) is 6.92 Å². The summed E-state index contributed by atoms with van der Waals surface area (Å²) in [5.74, 6) is 1.01. The minimum atomic E-state index is -0.175. The number of rotatable bonds is 7. The Bertz CT molecular complexity index is 950. The number of aromatic nitrogens is 1. The molecule has 0 saturated carbocycles. The molecule has 0 aliphatic rings. The summed E-state index contributed by atoms with van der Waals surface area (Å²) in [5.41, 5.74) is 2.58. The molecule has 1 atom stereocenters. The fourth-order valence-electron chi connectivity index (χ4n) is 2.87. The van der Waals surface area contributed by atoms with Crippen LogP contribution in [0.2, 0.25) is 0 Å². The van der Waals surface area contributed by atoms with Gasteiger partial charge in [0.05, 0.1) is 12.2 Å². The molecule has 28 heavy (non-hydrogen) atoms. The van der Waals surface area contributed by atoms with Crippen molar-refractivity contribution < 1.29 is 14.0 Å². The Morgan fingerprint density at radius 3 is 2.64 bits per heavy atom. The largest absolute Gasteiger partial charge is 0.441 e. The average Bonchev–Trinajstić information content (AvgIpc) is 3.16. The van der Waals surface area contributed by atoms with Gasteiger partial charge in [-0.25, -0.2) is 4.98 Å². The maximum absolute atomic E-state index is 12.3. The topological polar surface area (TPSA) is 84.2 Å². The molecule has 2 aromatic carbocycles. The van der Waals surface area contributed by atoms with Crippen molar-refractivity contribution >= 4 is 17.5 Å². The maximum atomic E-state index is 12.3. The number of hydrogen-bond donors (Lipinski definition) is 2. The number of benzene rings is 2. The first-order chi connectivity index (χ1) is 13.5. The van der Waals surface area contributed by atoms with E-state index in [2.05, 4.69) is 15.6 Å². The van der Waals surface area contributed by atoms with Crippen molar-refractivity contribution in [2.24, 2.45) is 0 Å². The highest BCUT2D eigenvalue weighted by molar-refractivity contribution is 5.88. The minimum absolute atomic E-state index is 0.0862. The third kappa shape index (κ3) is 5.30. The van der Waals surface area contributed by atoms with Gasteiger partial charge in [0.15, 0.2) is 11.7 Å². The Kier molecular flexibility index (Phi) is 6.22. The number of anilines is 1. The number of aryl methyl sites for hydroxylation is 1. The third-order valence-electron chi connectivity index (χ3n) is 4.26. The summed E-state index contributed by atoms with van der Waals surface area (Å²) in [6.45, 7) is 3.37. The quantitative estimate of drug-likeness (QED) is 0.649. The number of nitrogens with one attached hydrogen (secondary N) is 2. The lowest BCUT2D eigenvalue weighted by Gasteiger charge is -2.15. The van der Waals surface area contributed by atoms with E-state index in [1.807, 2.05) is 61.5 Å². The van der Waals surface area contributed by atoms with Gasteiger partial charge in [-0.3, -0.25) is 9.59 Å². The molecule has 0 aliphatic heterocycles. The number of amides is 2. The monoisotopic (exact) mass is 377 g/mol. The van der Waals surface area contributed by atoms with Gasteiger partial charge >= 0.3 is 0 Å². The standard InChI is InChI=1S/C22H23N3O3/c1-15(18-9-6-10-19(13-18)25-16(2)26)24-21(27)11-12-22-23-14-20(28-22)17-7-4-3-5-8-17/h3-10,13-15H,11-12H2,1-2H3,(H,24,27)(H,25,26)/t15-/m0/s1. The molecule has 6 nitrogen and oxygen atoms in total. The van der Waals surface area contributed by atoms with Crippen molar-refractivity contribution in [3.63, 3.8) is 0 Å². The van der Waals surface area contributed by atoms with Gasteiger partial charge in [-0.15, -0.1) is 0 Å². The lowest BCUT2D eigenvalue weighted by molar-refractivity contribution is -0.121. The third-order valence-corrected chi connectivity index (χ3v) is 4.26. The van der Waals surface area contributed by atoms with Crippen LogP contribution in [0.3, 0.4) is 0 Å². The molecule has 0 aliphatic carbocycles. The van der Waals surface area contributed by atoms with E-state index in [0.717, 1.165) is 11.1 Å². The highest BCUT2D eigenvalue weighted by Crippen LogP contribution is 2.21. The highest BCUT2D eigenvalue weighted by Gasteiger charge is 2.12. The summed E-state index contributed by atoms with van der Waals surface area (Å²) in [5, 5.41) is 5.71. The SMILES string of the molecule is CC(=O)Nc1cccc([C@H](C)NC(=O)CCc2ncc(-c3ccccc3)o2)c1.